The smallest absolute Gasteiger partial charge is 0.0728 e. The van der Waals surface area contributed by atoms with E-state index in [9.17, 15) is 0 Å². The molecular formula is C12H16N2. The predicted octanol–water partition coefficient (Wildman–Crippen LogP) is 3.01. The van der Waals surface area contributed by atoms with E-state index in [1.54, 1.807) is 0 Å². The van der Waals surface area contributed by atoms with Crippen molar-refractivity contribution in [2.45, 2.75) is 26.7 Å². The van der Waals surface area contributed by atoms with Crippen LogP contribution >= 0.6 is 0 Å². The van der Waals surface area contributed by atoms with E-state index < -0.39 is 0 Å². The summed E-state index contributed by atoms with van der Waals surface area (Å²) in [5.41, 5.74) is 3.71. The van der Waals surface area contributed by atoms with Gasteiger partial charge < -0.3 is 0 Å². The van der Waals surface area contributed by atoms with Gasteiger partial charge in [-0.1, -0.05) is 26.0 Å². The second kappa shape index (κ2) is 3.12. The van der Waals surface area contributed by atoms with Gasteiger partial charge in [0.25, 0.3) is 0 Å². The fraction of sp³-hybridized carbons (Fsp3) is 0.417. The van der Waals surface area contributed by atoms with E-state index in [-0.39, 0.29) is 0 Å². The van der Waals surface area contributed by atoms with Crippen molar-refractivity contribution >= 4 is 10.9 Å². The lowest BCUT2D eigenvalue weighted by Crippen LogP contribution is -1.93. The van der Waals surface area contributed by atoms with E-state index >= 15 is 0 Å². The SMILES string of the molecule is Cc1ccc2c(C(C)C)nn(C)c2c1. The predicted molar refractivity (Wildman–Crippen MR) is 59.5 cm³/mol. The Morgan fingerprint density at radius 2 is 2.00 bits per heavy atom. The molecule has 2 rings (SSSR count). The van der Waals surface area contributed by atoms with E-state index in [0.29, 0.717) is 5.92 Å². The maximum Gasteiger partial charge on any atom is 0.0728 e. The Labute approximate surface area is 84.5 Å². The fourth-order valence-electron chi connectivity index (χ4n) is 1.82. The highest BCUT2D eigenvalue weighted by molar-refractivity contribution is 5.83. The van der Waals surface area contributed by atoms with Gasteiger partial charge >= 0.3 is 0 Å². The summed E-state index contributed by atoms with van der Waals surface area (Å²) >= 11 is 0. The zero-order chi connectivity index (χ0) is 10.3. The molecule has 1 aromatic heterocycles. The second-order valence-electron chi connectivity index (χ2n) is 4.18. The Balaban J connectivity index is 2.77. The van der Waals surface area contributed by atoms with E-state index in [4.69, 9.17) is 0 Å². The molecule has 0 amide bonds. The lowest BCUT2D eigenvalue weighted by Gasteiger charge is -1.99. The number of fused-ring (bicyclic) bond motifs is 1. The van der Waals surface area contributed by atoms with Gasteiger partial charge in [0, 0.05) is 12.4 Å². The highest BCUT2D eigenvalue weighted by Gasteiger charge is 2.10. The largest absolute Gasteiger partial charge is 0.268 e. The third-order valence-electron chi connectivity index (χ3n) is 2.58. The average Bonchev–Trinajstić information content (AvgIpc) is 2.44. The van der Waals surface area contributed by atoms with E-state index in [1.807, 2.05) is 11.7 Å². The Bertz CT molecular complexity index is 466. The van der Waals surface area contributed by atoms with Crippen LogP contribution in [0, 0.1) is 6.92 Å². The van der Waals surface area contributed by atoms with Crippen molar-refractivity contribution in [1.82, 2.24) is 9.78 Å². The minimum Gasteiger partial charge on any atom is -0.268 e. The highest BCUT2D eigenvalue weighted by atomic mass is 15.3. The molecule has 0 spiro atoms. The van der Waals surface area contributed by atoms with Crippen LogP contribution in [-0.4, -0.2) is 9.78 Å². The van der Waals surface area contributed by atoms with Crippen LogP contribution in [0.2, 0.25) is 0 Å². The van der Waals surface area contributed by atoms with Crippen LogP contribution < -0.4 is 0 Å². The first-order valence-corrected chi connectivity index (χ1v) is 5.03. The first kappa shape index (κ1) is 9.25. The number of hydrogen-bond donors (Lipinski definition) is 0. The molecular weight excluding hydrogens is 172 g/mol. The standard InChI is InChI=1S/C12H16N2/c1-8(2)12-10-6-5-9(3)7-11(10)14(4)13-12/h5-8H,1-4H3. The van der Waals surface area contributed by atoms with Crippen LogP contribution in [0.1, 0.15) is 31.0 Å². The van der Waals surface area contributed by atoms with Crippen molar-refractivity contribution in [3.8, 4) is 0 Å². The molecule has 0 fully saturated rings. The molecule has 0 aliphatic carbocycles. The molecule has 2 nitrogen and oxygen atoms in total. The van der Waals surface area contributed by atoms with Crippen LogP contribution in [0.3, 0.4) is 0 Å². The monoisotopic (exact) mass is 188 g/mol. The van der Waals surface area contributed by atoms with Gasteiger partial charge in [0.1, 0.15) is 0 Å². The van der Waals surface area contributed by atoms with Gasteiger partial charge in [0.15, 0.2) is 0 Å². The zero-order valence-electron chi connectivity index (χ0n) is 9.20. The summed E-state index contributed by atoms with van der Waals surface area (Å²) in [5, 5.41) is 5.83. The molecule has 1 aromatic carbocycles. The van der Waals surface area contributed by atoms with E-state index in [1.165, 1.54) is 22.2 Å². The molecule has 0 aliphatic rings. The summed E-state index contributed by atoms with van der Waals surface area (Å²) in [6, 6.07) is 6.51. The third kappa shape index (κ3) is 1.31. The number of aryl methyl sites for hydroxylation is 2. The summed E-state index contributed by atoms with van der Waals surface area (Å²) in [4.78, 5) is 0. The van der Waals surface area contributed by atoms with Crippen LogP contribution in [0.4, 0.5) is 0 Å². The molecule has 0 N–H and O–H groups in total. The summed E-state index contributed by atoms with van der Waals surface area (Å²) in [6.45, 7) is 6.48. The van der Waals surface area contributed by atoms with E-state index in [2.05, 4.69) is 44.1 Å². The number of benzene rings is 1. The van der Waals surface area contributed by atoms with Crippen LogP contribution in [0.25, 0.3) is 10.9 Å². The van der Waals surface area contributed by atoms with Gasteiger partial charge in [-0.05, 0) is 24.5 Å². The molecule has 0 atom stereocenters. The van der Waals surface area contributed by atoms with Gasteiger partial charge in [0.05, 0.1) is 11.2 Å². The quantitative estimate of drug-likeness (QED) is 0.672. The van der Waals surface area contributed by atoms with Gasteiger partial charge in [-0.2, -0.15) is 5.10 Å². The normalized spacial score (nSPS) is 11.5. The maximum absolute atomic E-state index is 4.55. The number of hydrogen-bond acceptors (Lipinski definition) is 1. The lowest BCUT2D eigenvalue weighted by molar-refractivity contribution is 0.729. The fourth-order valence-corrected chi connectivity index (χ4v) is 1.82. The van der Waals surface area contributed by atoms with Crippen molar-refractivity contribution < 1.29 is 0 Å². The minimum atomic E-state index is 0.487. The van der Waals surface area contributed by atoms with Crippen LogP contribution in [-0.2, 0) is 7.05 Å². The van der Waals surface area contributed by atoms with Crippen LogP contribution in [0.5, 0.6) is 0 Å². The van der Waals surface area contributed by atoms with Gasteiger partial charge in [-0.15, -0.1) is 0 Å². The molecule has 14 heavy (non-hydrogen) atoms. The second-order valence-corrected chi connectivity index (χ2v) is 4.18. The maximum atomic E-state index is 4.55. The van der Waals surface area contributed by atoms with Crippen molar-refractivity contribution in [2.75, 3.05) is 0 Å². The number of rotatable bonds is 1. The molecule has 1 heterocycles. The topological polar surface area (TPSA) is 17.8 Å². The van der Waals surface area contributed by atoms with Crippen molar-refractivity contribution in [3.63, 3.8) is 0 Å². The third-order valence-corrected chi connectivity index (χ3v) is 2.58. The number of aromatic nitrogens is 2. The molecule has 0 unspecified atom stereocenters. The molecule has 0 radical (unpaired) electrons. The lowest BCUT2D eigenvalue weighted by atomic mass is 10.1. The van der Waals surface area contributed by atoms with Gasteiger partial charge in [0.2, 0.25) is 0 Å². The molecule has 0 saturated carbocycles. The molecule has 74 valence electrons. The van der Waals surface area contributed by atoms with Crippen LogP contribution in [0.15, 0.2) is 18.2 Å². The summed E-state index contributed by atoms with van der Waals surface area (Å²) in [5.74, 6) is 0.487. The Morgan fingerprint density at radius 3 is 2.64 bits per heavy atom. The molecule has 2 aromatic rings. The Morgan fingerprint density at radius 1 is 1.29 bits per heavy atom. The average molecular weight is 188 g/mol. The molecule has 0 bridgehead atoms. The van der Waals surface area contributed by atoms with Gasteiger partial charge in [-0.3, -0.25) is 4.68 Å². The molecule has 0 saturated heterocycles. The van der Waals surface area contributed by atoms with Crippen molar-refractivity contribution in [1.29, 1.82) is 0 Å². The summed E-state index contributed by atoms with van der Waals surface area (Å²) in [6.07, 6.45) is 0. The highest BCUT2D eigenvalue weighted by Crippen LogP contribution is 2.24. The Kier molecular flexibility index (Phi) is 2.06. The molecule has 0 aliphatic heterocycles. The minimum absolute atomic E-state index is 0.487. The molecule has 2 heteroatoms. The zero-order valence-corrected chi connectivity index (χ0v) is 9.20. The van der Waals surface area contributed by atoms with E-state index in [0.717, 1.165) is 0 Å². The number of nitrogens with zero attached hydrogens (tertiary/aromatic N) is 2. The summed E-state index contributed by atoms with van der Waals surface area (Å²) in [7, 11) is 2.01. The van der Waals surface area contributed by atoms with Crippen molar-refractivity contribution in [2.24, 2.45) is 7.05 Å². The summed E-state index contributed by atoms with van der Waals surface area (Å²) < 4.78 is 1.97. The first-order valence-electron chi connectivity index (χ1n) is 5.03. The first-order chi connectivity index (χ1) is 6.59. The van der Waals surface area contributed by atoms with Gasteiger partial charge in [-0.25, -0.2) is 0 Å². The Hall–Kier alpha value is -1.31. The van der Waals surface area contributed by atoms with Crippen molar-refractivity contribution in [3.05, 3.63) is 29.5 Å².